The molecule has 2 aliphatic heterocycles. The molecule has 3 aliphatic rings. The molecule has 0 unspecified atom stereocenters. The average Bonchev–Trinajstić information content (AvgIpc) is 3.06. The van der Waals surface area contributed by atoms with Gasteiger partial charge in [0, 0.05) is 6.54 Å². The molecule has 1 spiro atoms. The van der Waals surface area contributed by atoms with Crippen molar-refractivity contribution in [2.45, 2.75) is 64.3 Å². The fourth-order valence-corrected chi connectivity index (χ4v) is 3.80. The second kappa shape index (κ2) is 5.57. The molecule has 4 rings (SSSR count). The van der Waals surface area contributed by atoms with Crippen LogP contribution in [-0.2, 0) is 11.3 Å². The van der Waals surface area contributed by atoms with Gasteiger partial charge >= 0.3 is 12.1 Å². The quantitative estimate of drug-likeness (QED) is 0.784. The Morgan fingerprint density at radius 3 is 2.81 bits per heavy atom. The SMILES string of the molecule is CC(C)(C)OC(=O)NCc1nnc([C@@H]2CC3(CC3)[C@@H]3CN2C(=O)N3O)o1. The predicted octanol–water partition coefficient (Wildman–Crippen LogP) is 1.81. The van der Waals surface area contributed by atoms with Crippen LogP contribution in [0.4, 0.5) is 9.59 Å². The van der Waals surface area contributed by atoms with E-state index >= 15 is 0 Å². The molecular formula is C16H23N5O5. The Morgan fingerprint density at radius 1 is 1.42 bits per heavy atom. The Kier molecular flexibility index (Phi) is 3.66. The molecule has 2 bridgehead atoms. The van der Waals surface area contributed by atoms with Crippen molar-refractivity contribution in [2.75, 3.05) is 6.54 Å². The monoisotopic (exact) mass is 365 g/mol. The number of amides is 3. The van der Waals surface area contributed by atoms with Crippen molar-refractivity contribution in [3.05, 3.63) is 11.8 Å². The predicted molar refractivity (Wildman–Crippen MR) is 85.9 cm³/mol. The highest BCUT2D eigenvalue weighted by atomic mass is 16.6. The second-order valence-electron chi connectivity index (χ2n) is 8.27. The number of piperidine rings is 1. The van der Waals surface area contributed by atoms with Crippen LogP contribution in [0.3, 0.4) is 0 Å². The number of rotatable bonds is 3. The molecule has 3 heterocycles. The second-order valence-corrected chi connectivity index (χ2v) is 8.27. The molecule has 26 heavy (non-hydrogen) atoms. The van der Waals surface area contributed by atoms with Gasteiger partial charge in [-0.3, -0.25) is 5.21 Å². The number of hydrogen-bond donors (Lipinski definition) is 2. The molecule has 0 radical (unpaired) electrons. The summed E-state index contributed by atoms with van der Waals surface area (Å²) in [6, 6.07) is -0.918. The van der Waals surface area contributed by atoms with Gasteiger partial charge in [0.1, 0.15) is 11.6 Å². The van der Waals surface area contributed by atoms with Crippen LogP contribution in [0.5, 0.6) is 0 Å². The molecule has 2 N–H and O–H groups in total. The lowest BCUT2D eigenvalue weighted by molar-refractivity contribution is -0.0783. The number of fused-ring (bicyclic) bond motifs is 3. The maximum absolute atomic E-state index is 12.3. The molecule has 10 nitrogen and oxygen atoms in total. The fourth-order valence-electron chi connectivity index (χ4n) is 3.80. The summed E-state index contributed by atoms with van der Waals surface area (Å²) in [6.45, 7) is 5.84. The van der Waals surface area contributed by atoms with Crippen LogP contribution in [-0.4, -0.2) is 55.7 Å². The number of hydrogen-bond acceptors (Lipinski definition) is 7. The molecule has 1 saturated carbocycles. The summed E-state index contributed by atoms with van der Waals surface area (Å²) in [5.41, 5.74) is -0.640. The molecule has 2 atom stereocenters. The van der Waals surface area contributed by atoms with E-state index in [-0.39, 0.29) is 29.9 Å². The number of hydroxylamine groups is 2. The topological polar surface area (TPSA) is 121 Å². The lowest BCUT2D eigenvalue weighted by Gasteiger charge is -2.34. The van der Waals surface area contributed by atoms with E-state index in [4.69, 9.17) is 9.15 Å². The first-order valence-electron chi connectivity index (χ1n) is 8.76. The molecule has 1 aliphatic carbocycles. The number of carbonyl (C=O) groups is 2. The lowest BCUT2D eigenvalue weighted by Crippen LogP contribution is -2.41. The summed E-state index contributed by atoms with van der Waals surface area (Å²) in [6.07, 6.45) is 2.09. The maximum Gasteiger partial charge on any atom is 0.408 e. The average molecular weight is 365 g/mol. The molecule has 1 aromatic rings. The number of carbonyl (C=O) groups excluding carboxylic acids is 2. The van der Waals surface area contributed by atoms with E-state index in [1.165, 1.54) is 0 Å². The molecule has 142 valence electrons. The van der Waals surface area contributed by atoms with Gasteiger partial charge in [-0.05, 0) is 45.4 Å². The highest BCUT2D eigenvalue weighted by molar-refractivity contribution is 5.77. The normalized spacial score (nSPS) is 26.4. The smallest absolute Gasteiger partial charge is 0.408 e. The molecule has 0 aromatic carbocycles. The first-order chi connectivity index (χ1) is 12.2. The number of urea groups is 1. The number of alkyl carbamates (subject to hydrolysis) is 1. The van der Waals surface area contributed by atoms with Gasteiger partial charge in [0.15, 0.2) is 0 Å². The number of aromatic nitrogens is 2. The van der Waals surface area contributed by atoms with Crippen LogP contribution in [0, 0.1) is 5.41 Å². The summed E-state index contributed by atoms with van der Waals surface area (Å²) < 4.78 is 10.8. The van der Waals surface area contributed by atoms with Crippen LogP contribution in [0.2, 0.25) is 0 Å². The van der Waals surface area contributed by atoms with Crippen LogP contribution in [0.25, 0.3) is 0 Å². The van der Waals surface area contributed by atoms with Crippen molar-refractivity contribution in [3.63, 3.8) is 0 Å². The van der Waals surface area contributed by atoms with E-state index in [2.05, 4.69) is 15.5 Å². The minimum absolute atomic E-state index is 0.0441. The first-order valence-corrected chi connectivity index (χ1v) is 8.76. The molecule has 3 fully saturated rings. The zero-order valence-corrected chi connectivity index (χ0v) is 15.1. The molecule has 2 saturated heterocycles. The first kappa shape index (κ1) is 17.1. The number of ether oxygens (including phenoxy) is 1. The minimum Gasteiger partial charge on any atom is -0.444 e. The van der Waals surface area contributed by atoms with Crippen LogP contribution < -0.4 is 5.32 Å². The van der Waals surface area contributed by atoms with E-state index < -0.39 is 17.7 Å². The Labute approximate surface area is 150 Å². The van der Waals surface area contributed by atoms with E-state index in [0.717, 1.165) is 17.9 Å². The van der Waals surface area contributed by atoms with Crippen molar-refractivity contribution in [2.24, 2.45) is 5.41 Å². The van der Waals surface area contributed by atoms with Crippen molar-refractivity contribution in [1.29, 1.82) is 0 Å². The van der Waals surface area contributed by atoms with E-state index in [9.17, 15) is 14.8 Å². The molecule has 10 heteroatoms. The third kappa shape index (κ3) is 2.87. The van der Waals surface area contributed by atoms with E-state index in [1.54, 1.807) is 25.7 Å². The Balaban J connectivity index is 1.43. The summed E-state index contributed by atoms with van der Waals surface area (Å²) in [5.74, 6) is 0.574. The van der Waals surface area contributed by atoms with Crippen molar-refractivity contribution in [1.82, 2.24) is 25.5 Å². The summed E-state index contributed by atoms with van der Waals surface area (Å²) in [4.78, 5) is 25.6. The van der Waals surface area contributed by atoms with E-state index in [0.29, 0.717) is 18.9 Å². The third-order valence-corrected chi connectivity index (χ3v) is 5.23. The Bertz CT molecular complexity index is 738. The Hall–Kier alpha value is -2.36. The highest BCUT2D eigenvalue weighted by Gasteiger charge is 2.63. The third-order valence-electron chi connectivity index (χ3n) is 5.23. The number of nitrogens with one attached hydrogen (secondary N) is 1. The van der Waals surface area contributed by atoms with E-state index in [1.807, 2.05) is 0 Å². The lowest BCUT2D eigenvalue weighted by atomic mass is 9.85. The zero-order valence-electron chi connectivity index (χ0n) is 15.1. The summed E-state index contributed by atoms with van der Waals surface area (Å²) in [5, 5.41) is 21.5. The zero-order chi connectivity index (χ0) is 18.7. The van der Waals surface area contributed by atoms with Crippen molar-refractivity contribution >= 4 is 12.1 Å². The Morgan fingerprint density at radius 2 is 2.15 bits per heavy atom. The van der Waals surface area contributed by atoms with Crippen LogP contribution in [0.1, 0.15) is 57.9 Å². The van der Waals surface area contributed by atoms with Crippen LogP contribution >= 0.6 is 0 Å². The molecule has 3 amide bonds. The fraction of sp³-hybridized carbons (Fsp3) is 0.750. The van der Waals surface area contributed by atoms with Gasteiger partial charge in [-0.15, -0.1) is 10.2 Å². The summed E-state index contributed by atoms with van der Waals surface area (Å²) in [7, 11) is 0. The van der Waals surface area contributed by atoms with Crippen LogP contribution in [0.15, 0.2) is 4.42 Å². The van der Waals surface area contributed by atoms with Crippen molar-refractivity contribution in [3.8, 4) is 0 Å². The highest BCUT2D eigenvalue weighted by Crippen LogP contribution is 2.61. The van der Waals surface area contributed by atoms with Gasteiger partial charge in [0.2, 0.25) is 11.8 Å². The van der Waals surface area contributed by atoms with Crippen molar-refractivity contribution < 1.29 is 24.0 Å². The van der Waals surface area contributed by atoms with Gasteiger partial charge in [-0.25, -0.2) is 14.7 Å². The molecule has 1 aromatic heterocycles. The summed E-state index contributed by atoms with van der Waals surface area (Å²) >= 11 is 0. The van der Waals surface area contributed by atoms with Gasteiger partial charge in [-0.2, -0.15) is 0 Å². The number of nitrogens with zero attached hydrogens (tertiary/aromatic N) is 4. The van der Waals surface area contributed by atoms with Gasteiger partial charge in [-0.1, -0.05) is 0 Å². The molecular weight excluding hydrogens is 342 g/mol. The maximum atomic E-state index is 12.3. The standard InChI is InChI=1S/C16H23N5O5/c1-15(2,3)26-13(22)17-7-11-18-19-12(25-11)9-6-16(4-5-16)10-8-20(9)14(23)21(10)24/h9-10,24H,4-8H2,1-3H3,(H,17,22)/t9-,10-/m0/s1. The van der Waals surface area contributed by atoms with Gasteiger partial charge < -0.3 is 19.4 Å². The van der Waals surface area contributed by atoms with Gasteiger partial charge in [0.05, 0.1) is 12.6 Å². The minimum atomic E-state index is -0.590. The largest absolute Gasteiger partial charge is 0.444 e. The van der Waals surface area contributed by atoms with Gasteiger partial charge in [0.25, 0.3) is 0 Å².